The zero-order valence-corrected chi connectivity index (χ0v) is 17.1. The van der Waals surface area contributed by atoms with Crippen molar-refractivity contribution in [2.75, 3.05) is 25.5 Å². The van der Waals surface area contributed by atoms with Crippen LogP contribution in [0.2, 0.25) is 0 Å². The Bertz CT molecular complexity index is 845. The molecule has 6 nitrogen and oxygen atoms in total. The van der Waals surface area contributed by atoms with E-state index in [-0.39, 0.29) is 17.9 Å². The third kappa shape index (κ3) is 6.06. The lowest BCUT2D eigenvalue weighted by atomic mass is 10.0. The highest BCUT2D eigenvalue weighted by atomic mass is 16.5. The minimum absolute atomic E-state index is 0.0639. The molecule has 0 aromatic heterocycles. The van der Waals surface area contributed by atoms with Gasteiger partial charge in [-0.3, -0.25) is 14.5 Å². The van der Waals surface area contributed by atoms with Gasteiger partial charge in [0.05, 0.1) is 7.11 Å². The van der Waals surface area contributed by atoms with E-state index in [4.69, 9.17) is 4.74 Å². The first-order valence-corrected chi connectivity index (χ1v) is 10.1. The quantitative estimate of drug-likeness (QED) is 0.753. The predicted molar refractivity (Wildman–Crippen MR) is 114 cm³/mol. The average molecular weight is 396 g/mol. The van der Waals surface area contributed by atoms with Crippen LogP contribution in [0.3, 0.4) is 0 Å². The van der Waals surface area contributed by atoms with Gasteiger partial charge in [-0.2, -0.15) is 0 Å². The third-order valence-corrected chi connectivity index (χ3v) is 5.19. The zero-order valence-electron chi connectivity index (χ0n) is 17.1. The summed E-state index contributed by atoms with van der Waals surface area (Å²) in [5.41, 5.74) is 2.45. The van der Waals surface area contributed by atoms with E-state index in [9.17, 15) is 9.59 Å². The zero-order chi connectivity index (χ0) is 20.6. The molecule has 6 heteroatoms. The second-order valence-corrected chi connectivity index (χ2v) is 7.36. The van der Waals surface area contributed by atoms with Crippen LogP contribution in [-0.2, 0) is 11.3 Å². The number of hydrogen-bond donors (Lipinski definition) is 2. The van der Waals surface area contributed by atoms with Gasteiger partial charge in [0.25, 0.3) is 5.91 Å². The van der Waals surface area contributed by atoms with Crippen molar-refractivity contribution >= 4 is 17.5 Å². The molecule has 2 amide bonds. The molecule has 1 fully saturated rings. The second kappa shape index (κ2) is 10.1. The van der Waals surface area contributed by atoms with Gasteiger partial charge in [0, 0.05) is 43.3 Å². The van der Waals surface area contributed by atoms with E-state index in [1.165, 1.54) is 5.56 Å². The van der Waals surface area contributed by atoms with E-state index in [0.29, 0.717) is 17.7 Å². The van der Waals surface area contributed by atoms with Crippen LogP contribution in [0.1, 0.15) is 42.1 Å². The fourth-order valence-corrected chi connectivity index (χ4v) is 3.52. The molecule has 0 radical (unpaired) electrons. The lowest BCUT2D eigenvalue weighted by Crippen LogP contribution is -2.44. The molecule has 2 aromatic rings. The molecule has 2 N–H and O–H groups in total. The Morgan fingerprint density at radius 3 is 2.59 bits per heavy atom. The van der Waals surface area contributed by atoms with Gasteiger partial charge in [0.2, 0.25) is 5.91 Å². The Labute approximate surface area is 172 Å². The van der Waals surface area contributed by atoms with Gasteiger partial charge in [-0.05, 0) is 48.7 Å². The molecule has 1 aliphatic heterocycles. The second-order valence-electron chi connectivity index (χ2n) is 7.36. The van der Waals surface area contributed by atoms with E-state index in [1.54, 1.807) is 38.3 Å². The van der Waals surface area contributed by atoms with Gasteiger partial charge in [0.15, 0.2) is 0 Å². The van der Waals surface area contributed by atoms with Crippen LogP contribution in [0.4, 0.5) is 5.69 Å². The Morgan fingerprint density at radius 2 is 1.86 bits per heavy atom. The summed E-state index contributed by atoms with van der Waals surface area (Å²) in [5.74, 6) is 0.719. The summed E-state index contributed by atoms with van der Waals surface area (Å²) < 4.78 is 5.29. The summed E-state index contributed by atoms with van der Waals surface area (Å²) in [6, 6.07) is 15.4. The number of carbonyl (C=O) groups excluding carboxylic acids is 2. The highest BCUT2D eigenvalue weighted by Gasteiger charge is 2.21. The average Bonchev–Trinajstić information content (AvgIpc) is 2.75. The number of rotatable bonds is 7. The van der Waals surface area contributed by atoms with Crippen LogP contribution in [0.25, 0.3) is 0 Å². The van der Waals surface area contributed by atoms with Gasteiger partial charge in [-0.15, -0.1) is 0 Å². The first kappa shape index (κ1) is 20.9. The fraction of sp³-hybridized carbons (Fsp3) is 0.391. The summed E-state index contributed by atoms with van der Waals surface area (Å²) in [4.78, 5) is 26.6. The molecule has 29 heavy (non-hydrogen) atoms. The van der Waals surface area contributed by atoms with Crippen LogP contribution in [0.15, 0.2) is 48.5 Å². The summed E-state index contributed by atoms with van der Waals surface area (Å²) >= 11 is 0. The summed E-state index contributed by atoms with van der Waals surface area (Å²) in [5, 5.41) is 5.93. The molecule has 3 rings (SSSR count). The lowest BCUT2D eigenvalue weighted by molar-refractivity contribution is -0.115. The summed E-state index contributed by atoms with van der Waals surface area (Å²) in [6.45, 7) is 4.56. The van der Waals surface area contributed by atoms with Crippen LogP contribution in [0, 0.1) is 0 Å². The molecule has 0 saturated carbocycles. The Kier molecular flexibility index (Phi) is 7.25. The maximum absolute atomic E-state index is 12.6. The molecule has 2 aromatic carbocycles. The molecule has 1 aliphatic rings. The number of nitrogens with zero attached hydrogens (tertiary/aromatic N) is 1. The Hall–Kier alpha value is -2.86. The van der Waals surface area contributed by atoms with E-state index < -0.39 is 0 Å². The number of nitrogens with one attached hydrogen (secondary N) is 2. The topological polar surface area (TPSA) is 70.7 Å². The molecule has 1 heterocycles. The SMILES string of the molecule is CCC(=O)Nc1cccc(C(=O)NC2CCN(Cc3cccc(OC)c3)CC2)c1. The standard InChI is InChI=1S/C23H29N3O3/c1-3-22(27)24-20-8-5-7-18(15-20)23(28)25-19-10-12-26(13-11-19)16-17-6-4-9-21(14-17)29-2/h4-9,14-15,19H,3,10-13,16H2,1-2H3,(H,24,27)(H,25,28). The number of hydrogen-bond acceptors (Lipinski definition) is 4. The number of amides is 2. The monoisotopic (exact) mass is 395 g/mol. The van der Waals surface area contributed by atoms with Crippen molar-refractivity contribution in [1.82, 2.24) is 10.2 Å². The van der Waals surface area contributed by atoms with Crippen LogP contribution >= 0.6 is 0 Å². The van der Waals surface area contributed by atoms with Crippen molar-refractivity contribution in [3.63, 3.8) is 0 Å². The number of anilines is 1. The minimum atomic E-state index is -0.0937. The van der Waals surface area contributed by atoms with Gasteiger partial charge in [-0.1, -0.05) is 25.1 Å². The summed E-state index contributed by atoms with van der Waals surface area (Å²) in [6.07, 6.45) is 2.24. The van der Waals surface area contributed by atoms with Gasteiger partial charge in [0.1, 0.15) is 5.75 Å². The Balaban J connectivity index is 1.49. The molecular formula is C23H29N3O3. The van der Waals surface area contributed by atoms with E-state index in [0.717, 1.165) is 38.2 Å². The van der Waals surface area contributed by atoms with Crippen molar-refractivity contribution in [3.05, 3.63) is 59.7 Å². The minimum Gasteiger partial charge on any atom is -0.497 e. The largest absolute Gasteiger partial charge is 0.497 e. The highest BCUT2D eigenvalue weighted by Crippen LogP contribution is 2.18. The number of carbonyl (C=O) groups is 2. The Morgan fingerprint density at radius 1 is 1.10 bits per heavy atom. The predicted octanol–water partition coefficient (Wildman–Crippen LogP) is 3.44. The number of ether oxygens (including phenoxy) is 1. The van der Waals surface area contributed by atoms with Crippen molar-refractivity contribution in [3.8, 4) is 5.75 Å². The molecule has 0 spiro atoms. The molecule has 1 saturated heterocycles. The molecule has 0 unspecified atom stereocenters. The van der Waals surface area contributed by atoms with Crippen LogP contribution in [0.5, 0.6) is 5.75 Å². The number of likely N-dealkylation sites (tertiary alicyclic amines) is 1. The van der Waals surface area contributed by atoms with Crippen molar-refractivity contribution < 1.29 is 14.3 Å². The molecule has 0 aliphatic carbocycles. The molecular weight excluding hydrogens is 366 g/mol. The van der Waals surface area contributed by atoms with Crippen LogP contribution < -0.4 is 15.4 Å². The normalized spacial score (nSPS) is 15.0. The van der Waals surface area contributed by atoms with E-state index in [1.807, 2.05) is 12.1 Å². The fourth-order valence-electron chi connectivity index (χ4n) is 3.52. The van der Waals surface area contributed by atoms with Gasteiger partial charge < -0.3 is 15.4 Å². The highest BCUT2D eigenvalue weighted by molar-refractivity contribution is 5.97. The summed E-state index contributed by atoms with van der Waals surface area (Å²) in [7, 11) is 1.68. The van der Waals surface area contributed by atoms with E-state index in [2.05, 4.69) is 27.7 Å². The smallest absolute Gasteiger partial charge is 0.251 e. The molecule has 154 valence electrons. The first-order chi connectivity index (χ1) is 14.1. The molecule has 0 bridgehead atoms. The van der Waals surface area contributed by atoms with Crippen molar-refractivity contribution in [2.24, 2.45) is 0 Å². The number of piperidine rings is 1. The third-order valence-electron chi connectivity index (χ3n) is 5.19. The lowest BCUT2D eigenvalue weighted by Gasteiger charge is -2.32. The first-order valence-electron chi connectivity index (χ1n) is 10.1. The van der Waals surface area contributed by atoms with Crippen LogP contribution in [-0.4, -0.2) is 43.0 Å². The molecule has 0 atom stereocenters. The maximum atomic E-state index is 12.6. The van der Waals surface area contributed by atoms with Crippen molar-refractivity contribution in [2.45, 2.75) is 38.8 Å². The number of benzene rings is 2. The van der Waals surface area contributed by atoms with Crippen molar-refractivity contribution in [1.29, 1.82) is 0 Å². The maximum Gasteiger partial charge on any atom is 0.251 e. The van der Waals surface area contributed by atoms with E-state index >= 15 is 0 Å². The van der Waals surface area contributed by atoms with Gasteiger partial charge in [-0.25, -0.2) is 0 Å². The van der Waals surface area contributed by atoms with Gasteiger partial charge >= 0.3 is 0 Å². The number of methoxy groups -OCH3 is 1.